The number of rotatable bonds is 5. The maximum absolute atomic E-state index is 10.6. The van der Waals surface area contributed by atoms with E-state index in [9.17, 15) is 9.90 Å². The molecule has 1 atom stereocenters. The number of phenols is 1. The van der Waals surface area contributed by atoms with E-state index in [1.807, 2.05) is 12.1 Å². The number of thioether (sulfide) groups is 1. The maximum Gasteiger partial charge on any atom is 0.321 e. The number of pyridine rings is 1. The average Bonchev–Trinajstić information content (AvgIpc) is 2.41. The number of aliphatic carboxylic acids is 1. The second kappa shape index (κ2) is 5.90. The van der Waals surface area contributed by atoms with Crippen LogP contribution in [0.5, 0.6) is 5.75 Å². The third-order valence-corrected chi connectivity index (χ3v) is 3.82. The quantitative estimate of drug-likeness (QED) is 0.768. The summed E-state index contributed by atoms with van der Waals surface area (Å²) >= 11 is 1.45. The van der Waals surface area contributed by atoms with Crippen molar-refractivity contribution in [3.8, 4) is 5.75 Å². The zero-order chi connectivity index (χ0) is 13.8. The van der Waals surface area contributed by atoms with Crippen molar-refractivity contribution in [3.63, 3.8) is 0 Å². The van der Waals surface area contributed by atoms with Crippen LogP contribution in [-0.2, 0) is 10.5 Å². The number of hydrogen-bond donors (Lipinski definition) is 3. The molecule has 5 nitrogen and oxygen atoms in total. The molecule has 2 rings (SSSR count). The predicted octanol–water partition coefficient (Wildman–Crippen LogP) is 1.59. The van der Waals surface area contributed by atoms with Gasteiger partial charge in [-0.25, -0.2) is 0 Å². The van der Waals surface area contributed by atoms with E-state index in [4.69, 9.17) is 10.8 Å². The van der Waals surface area contributed by atoms with Crippen molar-refractivity contribution in [1.29, 1.82) is 0 Å². The van der Waals surface area contributed by atoms with Gasteiger partial charge in [0.25, 0.3) is 0 Å². The Balaban J connectivity index is 2.13. The number of nitrogens with two attached hydrogens (primary N) is 1. The van der Waals surface area contributed by atoms with Crippen molar-refractivity contribution in [1.82, 2.24) is 4.98 Å². The zero-order valence-corrected chi connectivity index (χ0v) is 10.9. The molecule has 0 aliphatic heterocycles. The lowest BCUT2D eigenvalue weighted by molar-refractivity contribution is -0.137. The van der Waals surface area contributed by atoms with Gasteiger partial charge in [-0.05, 0) is 17.7 Å². The molecule has 0 radical (unpaired) electrons. The first kappa shape index (κ1) is 13.6. The molecule has 0 aliphatic carbocycles. The van der Waals surface area contributed by atoms with Crippen molar-refractivity contribution in [2.45, 2.75) is 11.8 Å². The van der Waals surface area contributed by atoms with E-state index in [1.54, 1.807) is 18.3 Å². The van der Waals surface area contributed by atoms with Crippen LogP contribution in [0, 0.1) is 0 Å². The fraction of sp³-hybridized carbons (Fsp3) is 0.231. The minimum absolute atomic E-state index is 0.145. The van der Waals surface area contributed by atoms with Gasteiger partial charge in [0.2, 0.25) is 0 Å². The number of fused-ring (bicyclic) bond motifs is 1. The van der Waals surface area contributed by atoms with E-state index in [-0.39, 0.29) is 5.75 Å². The van der Waals surface area contributed by atoms with E-state index >= 15 is 0 Å². The molecule has 100 valence electrons. The zero-order valence-electron chi connectivity index (χ0n) is 10.1. The predicted molar refractivity (Wildman–Crippen MR) is 75.2 cm³/mol. The summed E-state index contributed by atoms with van der Waals surface area (Å²) in [6.45, 7) is 0. The number of carbonyl (C=O) groups is 1. The summed E-state index contributed by atoms with van der Waals surface area (Å²) in [5, 5.41) is 19.3. The number of benzene rings is 1. The molecule has 1 aromatic carbocycles. The second-order valence-corrected chi connectivity index (χ2v) is 5.13. The van der Waals surface area contributed by atoms with E-state index < -0.39 is 12.0 Å². The normalized spacial score (nSPS) is 12.5. The highest BCUT2D eigenvalue weighted by atomic mass is 32.2. The molecule has 1 unspecified atom stereocenters. The lowest BCUT2D eigenvalue weighted by Crippen LogP contribution is -2.32. The van der Waals surface area contributed by atoms with Crippen molar-refractivity contribution < 1.29 is 15.0 Å². The van der Waals surface area contributed by atoms with E-state index in [1.165, 1.54) is 11.8 Å². The molecule has 2 aromatic rings. The van der Waals surface area contributed by atoms with Crippen LogP contribution in [0.4, 0.5) is 0 Å². The lowest BCUT2D eigenvalue weighted by Gasteiger charge is -2.09. The highest BCUT2D eigenvalue weighted by Gasteiger charge is 2.12. The molecule has 0 spiro atoms. The molecule has 6 heteroatoms. The molecule has 0 saturated carbocycles. The van der Waals surface area contributed by atoms with Crippen molar-refractivity contribution >= 4 is 28.6 Å². The fourth-order valence-electron chi connectivity index (χ4n) is 1.71. The molecule has 0 amide bonds. The summed E-state index contributed by atoms with van der Waals surface area (Å²) < 4.78 is 0. The molecular weight excluding hydrogens is 264 g/mol. The smallest absolute Gasteiger partial charge is 0.321 e. The third-order valence-electron chi connectivity index (χ3n) is 2.71. The molecule has 0 bridgehead atoms. The number of aromatic hydroxyl groups is 1. The molecule has 19 heavy (non-hydrogen) atoms. The van der Waals surface area contributed by atoms with Crippen molar-refractivity contribution in [2.24, 2.45) is 5.73 Å². The Bertz CT molecular complexity index is 603. The van der Waals surface area contributed by atoms with E-state index in [0.29, 0.717) is 17.0 Å². The van der Waals surface area contributed by atoms with Gasteiger partial charge in [0.05, 0.1) is 0 Å². The third kappa shape index (κ3) is 3.15. The Labute approximate surface area is 114 Å². The Kier molecular flexibility index (Phi) is 4.24. The van der Waals surface area contributed by atoms with Crippen LogP contribution in [0.2, 0.25) is 0 Å². The van der Waals surface area contributed by atoms with Crippen LogP contribution < -0.4 is 5.73 Å². The van der Waals surface area contributed by atoms with Crippen molar-refractivity contribution in [3.05, 3.63) is 36.0 Å². The minimum Gasteiger partial charge on any atom is -0.506 e. The van der Waals surface area contributed by atoms with Gasteiger partial charge in [-0.1, -0.05) is 12.1 Å². The highest BCUT2D eigenvalue weighted by molar-refractivity contribution is 7.98. The molecule has 1 heterocycles. The summed E-state index contributed by atoms with van der Waals surface area (Å²) in [7, 11) is 0. The first-order valence-corrected chi connectivity index (χ1v) is 6.87. The average molecular weight is 278 g/mol. The summed E-state index contributed by atoms with van der Waals surface area (Å²) in [5.41, 5.74) is 7.01. The molecule has 0 fully saturated rings. The topological polar surface area (TPSA) is 96.4 Å². The molecule has 0 aliphatic rings. The van der Waals surface area contributed by atoms with Crippen LogP contribution in [0.1, 0.15) is 5.56 Å². The van der Waals surface area contributed by atoms with Crippen LogP contribution in [0.15, 0.2) is 30.5 Å². The van der Waals surface area contributed by atoms with Gasteiger partial charge >= 0.3 is 5.97 Å². The first-order chi connectivity index (χ1) is 9.09. The van der Waals surface area contributed by atoms with Crippen LogP contribution in [0.25, 0.3) is 10.9 Å². The SMILES string of the molecule is NC(CSCc1ccc(O)c2ncccc12)C(=O)O. The van der Waals surface area contributed by atoms with Gasteiger partial charge < -0.3 is 15.9 Å². The molecular formula is C13H14N2O3S. The van der Waals surface area contributed by atoms with Gasteiger partial charge in [0.15, 0.2) is 0 Å². The standard InChI is InChI=1S/C13H14N2O3S/c14-10(13(17)18)7-19-6-8-3-4-11(16)12-9(8)2-1-5-15-12/h1-5,10,16H,6-7,14H2,(H,17,18). The van der Waals surface area contributed by atoms with Gasteiger partial charge in [0, 0.05) is 23.1 Å². The maximum atomic E-state index is 10.6. The Morgan fingerprint density at radius 1 is 1.42 bits per heavy atom. The fourth-order valence-corrected chi connectivity index (χ4v) is 2.70. The van der Waals surface area contributed by atoms with Gasteiger partial charge in [-0.2, -0.15) is 11.8 Å². The highest BCUT2D eigenvalue weighted by Crippen LogP contribution is 2.27. The summed E-state index contributed by atoms with van der Waals surface area (Å²) in [5.74, 6) is 0.123. The Hall–Kier alpha value is -1.79. The van der Waals surface area contributed by atoms with Gasteiger partial charge in [0.1, 0.15) is 17.3 Å². The van der Waals surface area contributed by atoms with Gasteiger partial charge in [-0.3, -0.25) is 9.78 Å². The number of aromatic nitrogens is 1. The summed E-state index contributed by atoms with van der Waals surface area (Å²) in [6.07, 6.45) is 1.62. The Morgan fingerprint density at radius 2 is 2.21 bits per heavy atom. The second-order valence-electron chi connectivity index (χ2n) is 4.10. The number of carboxylic acids is 1. The minimum atomic E-state index is -0.996. The Morgan fingerprint density at radius 3 is 2.95 bits per heavy atom. The van der Waals surface area contributed by atoms with Crippen molar-refractivity contribution in [2.75, 3.05) is 5.75 Å². The number of carboxylic acid groups (broad SMARTS) is 1. The van der Waals surface area contributed by atoms with Crippen LogP contribution in [0.3, 0.4) is 0 Å². The monoisotopic (exact) mass is 278 g/mol. The largest absolute Gasteiger partial charge is 0.506 e. The number of nitrogens with zero attached hydrogens (tertiary/aromatic N) is 1. The van der Waals surface area contributed by atoms with Gasteiger partial charge in [-0.15, -0.1) is 0 Å². The van der Waals surface area contributed by atoms with E-state index in [0.717, 1.165) is 10.9 Å². The number of phenolic OH excluding ortho intramolecular Hbond substituents is 1. The molecule has 1 aromatic heterocycles. The molecule has 0 saturated heterocycles. The molecule has 4 N–H and O–H groups in total. The summed E-state index contributed by atoms with van der Waals surface area (Å²) in [4.78, 5) is 14.8. The first-order valence-electron chi connectivity index (χ1n) is 5.71. The summed E-state index contributed by atoms with van der Waals surface area (Å²) in [6, 6.07) is 6.25. The van der Waals surface area contributed by atoms with E-state index in [2.05, 4.69) is 4.98 Å². The van der Waals surface area contributed by atoms with Crippen LogP contribution in [-0.4, -0.2) is 33.0 Å². The lowest BCUT2D eigenvalue weighted by atomic mass is 10.1. The van der Waals surface area contributed by atoms with Crippen LogP contribution >= 0.6 is 11.8 Å². The number of hydrogen-bond acceptors (Lipinski definition) is 5.